The molecule has 0 aliphatic heterocycles. The number of thioether (sulfide) groups is 1. The molecule has 1 unspecified atom stereocenters. The summed E-state index contributed by atoms with van der Waals surface area (Å²) in [5, 5.41) is 19.3. The molecule has 194 valence electrons. The van der Waals surface area contributed by atoms with Crippen LogP contribution in [0.2, 0.25) is 0 Å². The zero-order chi connectivity index (χ0) is 26.3. The van der Waals surface area contributed by atoms with E-state index in [4.69, 9.17) is 5.73 Å². The molecule has 2 aromatic rings. The van der Waals surface area contributed by atoms with Gasteiger partial charge in [-0.15, -0.1) is 0 Å². The largest absolute Gasteiger partial charge is 0.390 e. The molecular weight excluding hydrogens is 472 g/mol. The summed E-state index contributed by atoms with van der Waals surface area (Å²) in [6.45, 7) is 8.77. The minimum absolute atomic E-state index is 0.187. The van der Waals surface area contributed by atoms with E-state index in [-0.39, 0.29) is 6.04 Å². The van der Waals surface area contributed by atoms with Gasteiger partial charge in [-0.1, -0.05) is 6.58 Å². The third-order valence-corrected chi connectivity index (χ3v) is 6.44. The maximum absolute atomic E-state index is 11.9. The number of carbonyl (C=O) groups is 1. The van der Waals surface area contributed by atoms with Gasteiger partial charge in [0.25, 0.3) is 0 Å². The molecule has 0 aliphatic rings. The Labute approximate surface area is 219 Å². The molecule has 10 heteroatoms. The van der Waals surface area contributed by atoms with E-state index in [1.54, 1.807) is 24.2 Å². The van der Waals surface area contributed by atoms with Crippen molar-refractivity contribution in [2.24, 2.45) is 5.73 Å². The van der Waals surface area contributed by atoms with Crippen molar-refractivity contribution in [1.82, 2.24) is 20.2 Å². The lowest BCUT2D eigenvalue weighted by Gasteiger charge is -2.19. The van der Waals surface area contributed by atoms with Crippen molar-refractivity contribution < 1.29 is 4.79 Å². The first-order valence-corrected chi connectivity index (χ1v) is 13.5. The Bertz CT molecular complexity index is 1040. The Hall–Kier alpha value is -3.13. The molecule has 1 atom stereocenters. The van der Waals surface area contributed by atoms with E-state index in [1.165, 1.54) is 0 Å². The van der Waals surface area contributed by atoms with Crippen molar-refractivity contribution in [3.8, 4) is 6.07 Å². The summed E-state index contributed by atoms with van der Waals surface area (Å²) in [5.41, 5.74) is 9.26. The fourth-order valence-corrected chi connectivity index (χ4v) is 4.28. The zero-order valence-corrected chi connectivity index (χ0v) is 22.3. The van der Waals surface area contributed by atoms with Crippen LogP contribution in [0.15, 0.2) is 31.1 Å². The number of pyridine rings is 2. The molecule has 2 aromatic heterocycles. The number of aromatic nitrogens is 2. The average Bonchev–Trinajstić information content (AvgIpc) is 2.87. The smallest absolute Gasteiger partial charge is 0.168 e. The Morgan fingerprint density at radius 1 is 1.31 bits per heavy atom. The monoisotopic (exact) mass is 510 g/mol. The molecule has 2 rings (SSSR count). The van der Waals surface area contributed by atoms with Crippen LogP contribution in [0.5, 0.6) is 0 Å². The molecule has 5 N–H and O–H groups in total. The number of nitrogens with two attached hydrogens (primary N) is 1. The highest BCUT2D eigenvalue weighted by molar-refractivity contribution is 7.98. The topological polar surface area (TPSA) is 132 Å². The predicted octanol–water partition coefficient (Wildman–Crippen LogP) is 3.17. The zero-order valence-electron chi connectivity index (χ0n) is 21.5. The first kappa shape index (κ1) is 29.1. The third kappa shape index (κ3) is 9.15. The van der Waals surface area contributed by atoms with Crippen molar-refractivity contribution >= 4 is 35.4 Å². The highest BCUT2D eigenvalue weighted by atomic mass is 32.2. The molecular formula is C26H38N8OS. The first-order valence-electron chi connectivity index (χ1n) is 12.1. The van der Waals surface area contributed by atoms with E-state index in [1.807, 2.05) is 25.4 Å². The quantitative estimate of drug-likeness (QED) is 0.186. The van der Waals surface area contributed by atoms with Crippen molar-refractivity contribution in [3.05, 3.63) is 53.5 Å². The van der Waals surface area contributed by atoms with Gasteiger partial charge in [0.15, 0.2) is 6.29 Å². The summed E-state index contributed by atoms with van der Waals surface area (Å²) in [6, 6.07) is 6.24. The lowest BCUT2D eigenvalue weighted by atomic mass is 10.0. The molecule has 0 saturated carbocycles. The normalized spacial score (nSPS) is 11.6. The Kier molecular flexibility index (Phi) is 12.8. The van der Waals surface area contributed by atoms with E-state index >= 15 is 0 Å². The lowest BCUT2D eigenvalue weighted by molar-refractivity contribution is 0.111. The second-order valence-corrected chi connectivity index (χ2v) is 9.53. The molecule has 0 amide bonds. The van der Waals surface area contributed by atoms with Gasteiger partial charge in [0.1, 0.15) is 23.4 Å². The van der Waals surface area contributed by atoms with Crippen LogP contribution in [0.1, 0.15) is 40.5 Å². The van der Waals surface area contributed by atoms with Gasteiger partial charge in [0.05, 0.1) is 11.3 Å². The summed E-state index contributed by atoms with van der Waals surface area (Å²) >= 11 is 1.73. The molecule has 0 spiro atoms. The number of hydrogen-bond donors (Lipinski definition) is 4. The Balaban J connectivity index is 2.30. The summed E-state index contributed by atoms with van der Waals surface area (Å²) in [4.78, 5) is 23.2. The van der Waals surface area contributed by atoms with Crippen molar-refractivity contribution in [3.63, 3.8) is 0 Å². The van der Waals surface area contributed by atoms with E-state index in [0.29, 0.717) is 41.5 Å². The number of rotatable bonds is 17. The van der Waals surface area contributed by atoms with Crippen molar-refractivity contribution in [2.75, 3.05) is 55.9 Å². The minimum Gasteiger partial charge on any atom is -0.390 e. The summed E-state index contributed by atoms with van der Waals surface area (Å²) in [7, 11) is 2.05. The van der Waals surface area contributed by atoms with Crippen LogP contribution in [-0.4, -0.2) is 72.4 Å². The predicted molar refractivity (Wildman–Crippen MR) is 150 cm³/mol. The van der Waals surface area contributed by atoms with Crippen LogP contribution >= 0.6 is 11.8 Å². The van der Waals surface area contributed by atoms with Crippen molar-refractivity contribution in [2.45, 2.75) is 32.2 Å². The molecule has 0 aromatic carbocycles. The van der Waals surface area contributed by atoms with Gasteiger partial charge >= 0.3 is 0 Å². The third-order valence-electron chi connectivity index (χ3n) is 5.61. The molecule has 0 fully saturated rings. The van der Waals surface area contributed by atoms with Crippen LogP contribution in [0.25, 0.3) is 0 Å². The number of carbonyl (C=O) groups excluding carboxylic acids is 1. The second kappa shape index (κ2) is 15.8. The summed E-state index contributed by atoms with van der Waals surface area (Å²) in [5.74, 6) is 2.04. The average molecular weight is 511 g/mol. The van der Waals surface area contributed by atoms with Gasteiger partial charge in [0.2, 0.25) is 0 Å². The molecule has 0 radical (unpaired) electrons. The van der Waals surface area contributed by atoms with Gasteiger partial charge < -0.3 is 26.6 Å². The standard InChI is InChI=1S/C26H38N8OS/c1-5-29-10-12-34(3)11-8-20-13-21(7-6-9-27)26(32-24(20)17-35)33-25-14-23(22(15-28)16-30-25)31-19(2)18-36-4/h5,13-14,16-17,19,29H,1,6-12,18,27H2,2-4H3,(H2,30,31,32,33). The van der Waals surface area contributed by atoms with Crippen LogP contribution in [0.3, 0.4) is 0 Å². The number of aryl methyl sites for hydroxylation is 1. The summed E-state index contributed by atoms with van der Waals surface area (Å²) < 4.78 is 0. The van der Waals surface area contributed by atoms with Crippen LogP contribution in [0.4, 0.5) is 17.3 Å². The molecule has 0 bridgehead atoms. The van der Waals surface area contributed by atoms with E-state index < -0.39 is 0 Å². The highest BCUT2D eigenvalue weighted by Gasteiger charge is 2.15. The second-order valence-electron chi connectivity index (χ2n) is 8.61. The Morgan fingerprint density at radius 3 is 2.78 bits per heavy atom. The van der Waals surface area contributed by atoms with Crippen LogP contribution in [0, 0.1) is 11.3 Å². The van der Waals surface area contributed by atoms with E-state index in [0.717, 1.165) is 55.6 Å². The van der Waals surface area contributed by atoms with Gasteiger partial charge in [-0.3, -0.25) is 4.79 Å². The first-order chi connectivity index (χ1) is 17.4. The number of nitriles is 1. The number of aldehydes is 1. The fraction of sp³-hybridized carbons (Fsp3) is 0.462. The molecule has 0 saturated heterocycles. The van der Waals surface area contributed by atoms with Gasteiger partial charge in [0, 0.05) is 43.7 Å². The number of anilines is 3. The van der Waals surface area contributed by atoms with Gasteiger partial charge in [-0.2, -0.15) is 17.0 Å². The van der Waals surface area contributed by atoms with E-state index in [9.17, 15) is 10.1 Å². The number of likely N-dealkylation sites (N-methyl/N-ethyl adjacent to an activating group) is 1. The Morgan fingerprint density at radius 2 is 2.11 bits per heavy atom. The molecule has 36 heavy (non-hydrogen) atoms. The fourth-order valence-electron chi connectivity index (χ4n) is 3.70. The number of nitrogens with one attached hydrogen (secondary N) is 3. The van der Waals surface area contributed by atoms with Crippen LogP contribution in [-0.2, 0) is 12.8 Å². The van der Waals surface area contributed by atoms with E-state index in [2.05, 4.69) is 50.4 Å². The maximum Gasteiger partial charge on any atom is 0.168 e. The van der Waals surface area contributed by atoms with Crippen LogP contribution < -0.4 is 21.7 Å². The number of hydrogen-bond acceptors (Lipinski definition) is 10. The summed E-state index contributed by atoms with van der Waals surface area (Å²) in [6.07, 6.45) is 8.30. The SMILES string of the molecule is C=CNCCN(C)CCc1cc(CCCN)c(Nc2cc(NC(C)CSC)c(C#N)cn2)nc1C=O. The lowest BCUT2D eigenvalue weighted by Crippen LogP contribution is -2.29. The number of nitrogens with zero attached hydrogens (tertiary/aromatic N) is 4. The highest BCUT2D eigenvalue weighted by Crippen LogP contribution is 2.25. The van der Waals surface area contributed by atoms with Gasteiger partial charge in [-0.25, -0.2) is 9.97 Å². The maximum atomic E-state index is 11.9. The van der Waals surface area contributed by atoms with Crippen molar-refractivity contribution in [1.29, 1.82) is 5.26 Å². The van der Waals surface area contributed by atoms with Gasteiger partial charge in [-0.05, 0) is 69.4 Å². The molecule has 9 nitrogen and oxygen atoms in total. The molecule has 0 aliphatic carbocycles. The minimum atomic E-state index is 0.187. The molecule has 2 heterocycles.